The Kier molecular flexibility index (Phi) is 13.1. The van der Waals surface area contributed by atoms with Crippen LogP contribution < -0.4 is 20.3 Å². The molecule has 1 aliphatic rings. The topological polar surface area (TPSA) is 69.1 Å². The number of anilines is 1. The molecule has 0 spiro atoms. The summed E-state index contributed by atoms with van der Waals surface area (Å²) >= 11 is 0. The highest BCUT2D eigenvalue weighted by Gasteiger charge is 2.24. The van der Waals surface area contributed by atoms with Gasteiger partial charge in [0.15, 0.2) is 5.96 Å². The van der Waals surface area contributed by atoms with E-state index in [1.807, 2.05) is 12.1 Å². The van der Waals surface area contributed by atoms with Crippen molar-refractivity contribution in [1.82, 2.24) is 10.6 Å². The zero-order chi connectivity index (χ0) is 20.2. The largest absolute Gasteiger partial charge is 0.495 e. The molecule has 1 heterocycles. The van der Waals surface area contributed by atoms with Gasteiger partial charge in [0, 0.05) is 39.3 Å². The molecule has 1 fully saturated rings. The van der Waals surface area contributed by atoms with Crippen molar-refractivity contribution in [3.05, 3.63) is 24.3 Å². The average molecular weight is 518 g/mol. The number of ether oxygens (including phenoxy) is 1. The van der Waals surface area contributed by atoms with Crippen LogP contribution in [0.25, 0.3) is 0 Å². The smallest absolute Gasteiger partial charge is 0.191 e. The van der Waals surface area contributed by atoms with Gasteiger partial charge in [-0.15, -0.1) is 24.0 Å². The third-order valence-corrected chi connectivity index (χ3v) is 5.36. The molecule has 6 nitrogen and oxygen atoms in total. The fourth-order valence-corrected chi connectivity index (χ4v) is 3.83. The molecule has 1 aromatic carbocycles. The van der Waals surface area contributed by atoms with Gasteiger partial charge >= 0.3 is 0 Å². The van der Waals surface area contributed by atoms with E-state index in [2.05, 4.69) is 41.5 Å². The molecular weight excluding hydrogens is 479 g/mol. The number of aliphatic imine (C=N–C) groups is 1. The molecule has 0 aromatic heterocycles. The quantitative estimate of drug-likeness (QED) is 0.238. The van der Waals surface area contributed by atoms with Crippen LogP contribution in [-0.4, -0.2) is 57.5 Å². The molecule has 1 aromatic rings. The van der Waals surface area contributed by atoms with Crippen LogP contribution in [0.2, 0.25) is 0 Å². The number of rotatable bonds is 11. The van der Waals surface area contributed by atoms with Crippen molar-refractivity contribution in [2.45, 2.75) is 39.5 Å². The van der Waals surface area contributed by atoms with Gasteiger partial charge in [-0.25, -0.2) is 0 Å². The number of nitrogens with zero attached hydrogens (tertiary/aromatic N) is 2. The number of hydrogen-bond donors (Lipinski definition) is 3. The van der Waals surface area contributed by atoms with Crippen LogP contribution in [-0.2, 0) is 0 Å². The maximum absolute atomic E-state index is 9.24. The fourth-order valence-electron chi connectivity index (χ4n) is 3.83. The molecule has 0 radical (unpaired) electrons. The summed E-state index contributed by atoms with van der Waals surface area (Å²) in [6.45, 7) is 9.12. The third-order valence-electron chi connectivity index (χ3n) is 5.36. The molecular formula is C22H39IN4O2. The second-order valence-electron chi connectivity index (χ2n) is 7.54. The Bertz CT molecular complexity index is 594. The van der Waals surface area contributed by atoms with Gasteiger partial charge in [0.05, 0.1) is 12.8 Å². The first kappa shape index (κ1) is 25.8. The van der Waals surface area contributed by atoms with Crippen molar-refractivity contribution in [3.8, 4) is 5.75 Å². The molecule has 0 saturated carbocycles. The molecule has 3 N–H and O–H groups in total. The summed E-state index contributed by atoms with van der Waals surface area (Å²) in [5.74, 6) is 2.87. The molecule has 166 valence electrons. The van der Waals surface area contributed by atoms with Crippen LogP contribution in [0.5, 0.6) is 5.75 Å². The Morgan fingerprint density at radius 3 is 2.76 bits per heavy atom. The van der Waals surface area contributed by atoms with Crippen LogP contribution in [0.4, 0.5) is 5.69 Å². The van der Waals surface area contributed by atoms with E-state index in [9.17, 15) is 5.11 Å². The zero-order valence-electron chi connectivity index (χ0n) is 18.2. The molecule has 7 heteroatoms. The predicted octanol–water partition coefficient (Wildman–Crippen LogP) is 3.49. The molecule has 2 unspecified atom stereocenters. The summed E-state index contributed by atoms with van der Waals surface area (Å²) in [6, 6.07) is 8.24. The van der Waals surface area contributed by atoms with E-state index in [1.165, 1.54) is 5.69 Å². The molecule has 2 rings (SSSR count). The van der Waals surface area contributed by atoms with Crippen LogP contribution in [0.15, 0.2) is 29.3 Å². The standard InChI is InChI=1S/C22H38N4O2.HI/c1-4-8-18(12-14-27)15-24-22(23-5-2)25-16-19-11-13-26(17-19)20-9-6-7-10-21(20)28-3;/h6-7,9-10,18-19,27H,4-5,8,11-17H2,1-3H3,(H2,23,24,25);1H. The first-order valence-corrected chi connectivity index (χ1v) is 10.7. The van der Waals surface area contributed by atoms with Crippen LogP contribution in [0.1, 0.15) is 39.5 Å². The Labute approximate surface area is 193 Å². The highest BCUT2D eigenvalue weighted by molar-refractivity contribution is 14.0. The van der Waals surface area contributed by atoms with E-state index in [0.29, 0.717) is 11.8 Å². The summed E-state index contributed by atoms with van der Waals surface area (Å²) in [5, 5.41) is 16.1. The third kappa shape index (κ3) is 8.58. The van der Waals surface area contributed by atoms with Crippen LogP contribution in [0, 0.1) is 11.8 Å². The molecule has 1 saturated heterocycles. The van der Waals surface area contributed by atoms with Gasteiger partial charge in [-0.1, -0.05) is 25.5 Å². The van der Waals surface area contributed by atoms with E-state index in [1.54, 1.807) is 7.11 Å². The monoisotopic (exact) mass is 518 g/mol. The molecule has 29 heavy (non-hydrogen) atoms. The lowest BCUT2D eigenvalue weighted by Gasteiger charge is -2.21. The summed E-state index contributed by atoms with van der Waals surface area (Å²) < 4.78 is 5.51. The summed E-state index contributed by atoms with van der Waals surface area (Å²) in [5.41, 5.74) is 1.18. The van der Waals surface area contributed by atoms with Crippen molar-refractivity contribution >= 4 is 35.6 Å². The minimum Gasteiger partial charge on any atom is -0.495 e. The lowest BCUT2D eigenvalue weighted by atomic mass is 10.0. The first-order valence-electron chi connectivity index (χ1n) is 10.7. The number of para-hydroxylation sites is 2. The normalized spacial score (nSPS) is 17.6. The Morgan fingerprint density at radius 1 is 1.28 bits per heavy atom. The number of benzene rings is 1. The molecule has 0 amide bonds. The molecule has 2 atom stereocenters. The van der Waals surface area contributed by atoms with Gasteiger partial charge in [-0.05, 0) is 50.2 Å². The lowest BCUT2D eigenvalue weighted by Crippen LogP contribution is -2.40. The highest BCUT2D eigenvalue weighted by atomic mass is 127. The number of hydrogen-bond acceptors (Lipinski definition) is 4. The number of halogens is 1. The number of guanidine groups is 1. The maximum Gasteiger partial charge on any atom is 0.191 e. The zero-order valence-corrected chi connectivity index (χ0v) is 20.5. The van der Waals surface area contributed by atoms with Gasteiger partial charge in [0.25, 0.3) is 0 Å². The van der Waals surface area contributed by atoms with Crippen molar-refractivity contribution in [2.75, 3.05) is 51.3 Å². The highest BCUT2D eigenvalue weighted by Crippen LogP contribution is 2.31. The Morgan fingerprint density at radius 2 is 2.07 bits per heavy atom. The van der Waals surface area contributed by atoms with Crippen LogP contribution in [0.3, 0.4) is 0 Å². The van der Waals surface area contributed by atoms with E-state index >= 15 is 0 Å². The van der Waals surface area contributed by atoms with Crippen molar-refractivity contribution < 1.29 is 9.84 Å². The fraction of sp³-hybridized carbons (Fsp3) is 0.682. The predicted molar refractivity (Wildman–Crippen MR) is 133 cm³/mol. The minimum atomic E-state index is 0. The number of aliphatic hydroxyl groups is 1. The number of aliphatic hydroxyl groups excluding tert-OH is 1. The van der Waals surface area contributed by atoms with E-state index in [0.717, 1.165) is 70.1 Å². The molecule has 1 aliphatic heterocycles. The van der Waals surface area contributed by atoms with Crippen LogP contribution >= 0.6 is 24.0 Å². The number of nitrogens with one attached hydrogen (secondary N) is 2. The second kappa shape index (κ2) is 14.7. The molecule has 0 aliphatic carbocycles. The van der Waals surface area contributed by atoms with E-state index in [4.69, 9.17) is 9.73 Å². The van der Waals surface area contributed by atoms with Gasteiger partial charge in [0.1, 0.15) is 5.75 Å². The molecule has 0 bridgehead atoms. The van der Waals surface area contributed by atoms with Gasteiger partial charge in [-0.3, -0.25) is 4.99 Å². The van der Waals surface area contributed by atoms with Crippen molar-refractivity contribution in [1.29, 1.82) is 0 Å². The van der Waals surface area contributed by atoms with Gasteiger partial charge in [-0.2, -0.15) is 0 Å². The van der Waals surface area contributed by atoms with Gasteiger partial charge < -0.3 is 25.4 Å². The average Bonchev–Trinajstić information content (AvgIpc) is 3.19. The maximum atomic E-state index is 9.24. The van der Waals surface area contributed by atoms with E-state index in [-0.39, 0.29) is 30.6 Å². The van der Waals surface area contributed by atoms with E-state index < -0.39 is 0 Å². The first-order chi connectivity index (χ1) is 13.7. The summed E-state index contributed by atoms with van der Waals surface area (Å²) in [6.07, 6.45) is 4.23. The number of methoxy groups -OCH3 is 1. The SMILES string of the molecule is CCCC(CCO)CN=C(NCC)NCC1CCN(c2ccccc2OC)C1.I. The van der Waals surface area contributed by atoms with Crippen molar-refractivity contribution in [2.24, 2.45) is 16.8 Å². The Balaban J connectivity index is 0.00000420. The summed E-state index contributed by atoms with van der Waals surface area (Å²) in [7, 11) is 1.73. The minimum absolute atomic E-state index is 0. The van der Waals surface area contributed by atoms with Crippen molar-refractivity contribution in [3.63, 3.8) is 0 Å². The van der Waals surface area contributed by atoms with Gasteiger partial charge in [0.2, 0.25) is 0 Å². The lowest BCUT2D eigenvalue weighted by molar-refractivity contribution is 0.253. The second-order valence-corrected chi connectivity index (χ2v) is 7.54. The summed E-state index contributed by atoms with van der Waals surface area (Å²) in [4.78, 5) is 7.18. The Hall–Kier alpha value is -1.22.